The van der Waals surface area contributed by atoms with Crippen LogP contribution in [-0.2, 0) is 6.42 Å². The van der Waals surface area contributed by atoms with Gasteiger partial charge in [-0.2, -0.15) is 0 Å². The Morgan fingerprint density at radius 3 is 2.75 bits per heavy atom. The number of hydrogen-bond donors (Lipinski definition) is 1. The van der Waals surface area contributed by atoms with Crippen LogP contribution in [0.15, 0.2) is 18.2 Å². The third-order valence-electron chi connectivity index (χ3n) is 3.68. The van der Waals surface area contributed by atoms with Gasteiger partial charge in [-0.1, -0.05) is 19.4 Å². The molecule has 0 spiro atoms. The van der Waals surface area contributed by atoms with Crippen molar-refractivity contribution < 1.29 is 13.9 Å². The highest BCUT2D eigenvalue weighted by molar-refractivity contribution is 5.21. The molecule has 1 fully saturated rings. The number of halogens is 2. The molecule has 0 amide bonds. The van der Waals surface area contributed by atoms with Gasteiger partial charge in [0, 0.05) is 12.5 Å². The van der Waals surface area contributed by atoms with E-state index in [-0.39, 0.29) is 12.3 Å². The molecular formula is C13H16F2O. The zero-order valence-electron chi connectivity index (χ0n) is 9.34. The van der Waals surface area contributed by atoms with Crippen LogP contribution in [0.2, 0.25) is 0 Å². The molecule has 1 aromatic rings. The Bertz CT molecular complexity index is 392. The van der Waals surface area contributed by atoms with E-state index in [0.29, 0.717) is 12.0 Å². The van der Waals surface area contributed by atoms with Crippen LogP contribution < -0.4 is 0 Å². The van der Waals surface area contributed by atoms with Crippen LogP contribution >= 0.6 is 0 Å². The van der Waals surface area contributed by atoms with Crippen molar-refractivity contribution in [1.82, 2.24) is 0 Å². The second kappa shape index (κ2) is 4.13. The fraction of sp³-hybridized carbons (Fsp3) is 0.538. The minimum atomic E-state index is -0.821. The van der Waals surface area contributed by atoms with Gasteiger partial charge < -0.3 is 5.11 Å². The Morgan fingerprint density at radius 2 is 2.19 bits per heavy atom. The summed E-state index contributed by atoms with van der Waals surface area (Å²) in [5, 5.41) is 10.3. The molecule has 0 bridgehead atoms. The van der Waals surface area contributed by atoms with Crippen LogP contribution in [0.5, 0.6) is 0 Å². The monoisotopic (exact) mass is 226 g/mol. The fourth-order valence-corrected chi connectivity index (χ4v) is 2.49. The SMILES string of the molecule is CC1CCCC1(O)Cc1ccc(F)cc1F. The predicted octanol–water partition coefficient (Wildman–Crippen LogP) is 3.06. The normalized spacial score (nSPS) is 29.6. The van der Waals surface area contributed by atoms with Gasteiger partial charge >= 0.3 is 0 Å². The van der Waals surface area contributed by atoms with Crippen LogP contribution in [0.3, 0.4) is 0 Å². The summed E-state index contributed by atoms with van der Waals surface area (Å²) in [5.41, 5.74) is -0.420. The highest BCUT2D eigenvalue weighted by Gasteiger charge is 2.38. The predicted molar refractivity (Wildman–Crippen MR) is 58.0 cm³/mol. The number of rotatable bonds is 2. The summed E-state index contributed by atoms with van der Waals surface area (Å²) in [6.07, 6.45) is 2.92. The highest BCUT2D eigenvalue weighted by Crippen LogP contribution is 2.38. The van der Waals surface area contributed by atoms with E-state index < -0.39 is 17.2 Å². The Balaban J connectivity index is 2.20. The highest BCUT2D eigenvalue weighted by atomic mass is 19.1. The van der Waals surface area contributed by atoms with Crippen molar-refractivity contribution in [2.24, 2.45) is 5.92 Å². The maximum Gasteiger partial charge on any atom is 0.129 e. The number of hydrogen-bond acceptors (Lipinski definition) is 1. The smallest absolute Gasteiger partial charge is 0.129 e. The molecule has 0 radical (unpaired) electrons. The summed E-state index contributed by atoms with van der Waals surface area (Å²) in [7, 11) is 0. The Kier molecular flexibility index (Phi) is 2.98. The first-order chi connectivity index (χ1) is 7.51. The molecule has 2 unspecified atom stereocenters. The molecule has 2 rings (SSSR count). The molecule has 0 heterocycles. The fourth-order valence-electron chi connectivity index (χ4n) is 2.49. The molecular weight excluding hydrogens is 210 g/mol. The lowest BCUT2D eigenvalue weighted by Crippen LogP contribution is -2.34. The van der Waals surface area contributed by atoms with E-state index in [2.05, 4.69) is 0 Å². The first-order valence-electron chi connectivity index (χ1n) is 5.67. The molecule has 1 aromatic carbocycles. The summed E-state index contributed by atoms with van der Waals surface area (Å²) in [6.45, 7) is 1.98. The third-order valence-corrected chi connectivity index (χ3v) is 3.68. The average molecular weight is 226 g/mol. The van der Waals surface area contributed by atoms with Gasteiger partial charge in [-0.15, -0.1) is 0 Å². The first-order valence-corrected chi connectivity index (χ1v) is 5.67. The molecule has 0 aliphatic heterocycles. The largest absolute Gasteiger partial charge is 0.389 e. The first kappa shape index (κ1) is 11.5. The lowest BCUT2D eigenvalue weighted by Gasteiger charge is -2.27. The van der Waals surface area contributed by atoms with E-state index in [4.69, 9.17) is 0 Å². The molecule has 1 nitrogen and oxygen atoms in total. The van der Waals surface area contributed by atoms with E-state index in [9.17, 15) is 13.9 Å². The topological polar surface area (TPSA) is 20.2 Å². The van der Waals surface area contributed by atoms with Crippen molar-refractivity contribution in [3.05, 3.63) is 35.4 Å². The van der Waals surface area contributed by atoms with Gasteiger partial charge in [0.25, 0.3) is 0 Å². The summed E-state index contributed by atoms with van der Waals surface area (Å²) < 4.78 is 26.2. The van der Waals surface area contributed by atoms with Crippen molar-refractivity contribution >= 4 is 0 Å². The minimum absolute atomic E-state index is 0.178. The van der Waals surface area contributed by atoms with Gasteiger partial charge in [0.15, 0.2) is 0 Å². The third kappa shape index (κ3) is 2.09. The molecule has 2 atom stereocenters. The van der Waals surface area contributed by atoms with Gasteiger partial charge in [-0.25, -0.2) is 8.78 Å². The van der Waals surface area contributed by atoms with Crippen molar-refractivity contribution in [1.29, 1.82) is 0 Å². The quantitative estimate of drug-likeness (QED) is 0.821. The van der Waals surface area contributed by atoms with Gasteiger partial charge in [-0.3, -0.25) is 0 Å². The molecule has 1 aliphatic carbocycles. The maximum absolute atomic E-state index is 13.4. The van der Waals surface area contributed by atoms with Crippen LogP contribution in [0.25, 0.3) is 0 Å². The average Bonchev–Trinajstić information content (AvgIpc) is 2.52. The Morgan fingerprint density at radius 1 is 1.44 bits per heavy atom. The zero-order chi connectivity index (χ0) is 11.8. The Labute approximate surface area is 94.1 Å². The second-order valence-corrected chi connectivity index (χ2v) is 4.81. The molecule has 88 valence electrons. The molecule has 1 N–H and O–H groups in total. The second-order valence-electron chi connectivity index (χ2n) is 4.81. The van der Waals surface area contributed by atoms with E-state index in [0.717, 1.165) is 18.9 Å². The summed E-state index contributed by atoms with van der Waals surface area (Å²) in [4.78, 5) is 0. The maximum atomic E-state index is 13.4. The summed E-state index contributed by atoms with van der Waals surface area (Å²) in [6, 6.07) is 3.54. The van der Waals surface area contributed by atoms with Crippen LogP contribution in [0.4, 0.5) is 8.78 Å². The van der Waals surface area contributed by atoms with Gasteiger partial charge in [0.1, 0.15) is 11.6 Å². The summed E-state index contributed by atoms with van der Waals surface area (Å²) >= 11 is 0. The van der Waals surface area contributed by atoms with Crippen molar-refractivity contribution in [3.8, 4) is 0 Å². The van der Waals surface area contributed by atoms with Crippen molar-refractivity contribution in [2.45, 2.75) is 38.2 Å². The van der Waals surface area contributed by atoms with Crippen LogP contribution in [-0.4, -0.2) is 10.7 Å². The van der Waals surface area contributed by atoms with Crippen LogP contribution in [0, 0.1) is 17.6 Å². The molecule has 1 saturated carbocycles. The van der Waals surface area contributed by atoms with Crippen molar-refractivity contribution in [3.63, 3.8) is 0 Å². The zero-order valence-corrected chi connectivity index (χ0v) is 9.34. The lowest BCUT2D eigenvalue weighted by atomic mass is 9.86. The molecule has 16 heavy (non-hydrogen) atoms. The molecule has 0 saturated heterocycles. The minimum Gasteiger partial charge on any atom is -0.389 e. The van der Waals surface area contributed by atoms with E-state index >= 15 is 0 Å². The standard InChI is InChI=1S/C13H16F2O/c1-9-3-2-6-13(9,16)8-10-4-5-11(14)7-12(10)15/h4-5,7,9,16H,2-3,6,8H2,1H3. The van der Waals surface area contributed by atoms with Crippen molar-refractivity contribution in [2.75, 3.05) is 0 Å². The van der Waals surface area contributed by atoms with Crippen LogP contribution in [0.1, 0.15) is 31.7 Å². The Hall–Kier alpha value is -0.960. The molecule has 3 heteroatoms. The molecule has 0 aromatic heterocycles. The lowest BCUT2D eigenvalue weighted by molar-refractivity contribution is 0.00884. The van der Waals surface area contributed by atoms with Gasteiger partial charge in [0.2, 0.25) is 0 Å². The number of aliphatic hydroxyl groups is 1. The van der Waals surface area contributed by atoms with Gasteiger partial charge in [-0.05, 0) is 30.4 Å². The number of benzene rings is 1. The summed E-state index contributed by atoms with van der Waals surface area (Å²) in [5.74, 6) is -0.961. The van der Waals surface area contributed by atoms with E-state index in [1.165, 1.54) is 12.1 Å². The molecule has 1 aliphatic rings. The van der Waals surface area contributed by atoms with E-state index in [1.807, 2.05) is 6.92 Å². The van der Waals surface area contributed by atoms with Gasteiger partial charge in [0.05, 0.1) is 5.60 Å². The van der Waals surface area contributed by atoms with E-state index in [1.54, 1.807) is 0 Å².